The van der Waals surface area contributed by atoms with Gasteiger partial charge in [0.1, 0.15) is 46.0 Å². The Hall–Kier alpha value is -10.2. The van der Waals surface area contributed by atoms with Crippen LogP contribution >= 0.6 is 0 Å². The van der Waals surface area contributed by atoms with Gasteiger partial charge in [-0.15, -0.1) is 0 Å². The van der Waals surface area contributed by atoms with Gasteiger partial charge in [-0.2, -0.15) is 0 Å². The van der Waals surface area contributed by atoms with E-state index in [1.807, 2.05) is 121 Å². The maximum atomic E-state index is 14.3. The van der Waals surface area contributed by atoms with E-state index in [0.29, 0.717) is 120 Å². The highest BCUT2D eigenvalue weighted by Gasteiger charge is 2.26. The zero-order valence-corrected chi connectivity index (χ0v) is 71.6. The van der Waals surface area contributed by atoms with Gasteiger partial charge in [0.2, 0.25) is 0 Å². The molecule has 11 rings (SSSR count). The molecule has 10 bridgehead atoms. The molecule has 0 radical (unpaired) electrons. The van der Waals surface area contributed by atoms with Gasteiger partial charge in [0.05, 0.1) is 75.1 Å². The Balaban J connectivity index is 0.629. The van der Waals surface area contributed by atoms with Gasteiger partial charge in [-0.1, -0.05) is 351 Å². The quantitative estimate of drug-likeness (QED) is 0.134. The molecule has 1 heterocycles. The molecule has 0 aliphatic carbocycles. The predicted octanol–water partition coefficient (Wildman–Crippen LogP) is 28.7. The van der Waals surface area contributed by atoms with Crippen molar-refractivity contribution in [2.24, 2.45) is 0 Å². The van der Waals surface area contributed by atoms with Gasteiger partial charge in [-0.05, 0) is 134 Å². The summed E-state index contributed by atoms with van der Waals surface area (Å²) in [4.78, 5) is 57.0. The third-order valence-electron chi connectivity index (χ3n) is 23.1. The standard InChI is InChI=1S/C108H132O12/c109-105(87-53-37-33-38-54-87)97-81-98(106(110)88-55-39-34-40-56-88)102-83-101(97)117-73-49-29-21-13-5-1-9-17-25-45-69-113-93-65-61-85-62-66-94(78-91(85)77-93)114-70-46-26-18-10-3-7-15-23-31-51-75-119-103-84-104(100(108(112)90-59-43-36-44-60-90)82-99(103)107(111)89-57-41-35-42-58-89)120-76-52-32-24-16-8-4-12-20-28-48-72-116-96-68-64-86-63-67-95(79-92(86)80-96)115-71-47-27-19-11-2-6-14-22-30-50-74-118-102/h33-44,53-68,77-84H,1-32,45-52,69-76H2. The Morgan fingerprint density at radius 2 is 0.325 bits per heavy atom. The van der Waals surface area contributed by atoms with Crippen molar-refractivity contribution in [3.8, 4) is 46.0 Å². The van der Waals surface area contributed by atoms with Crippen LogP contribution in [0.1, 0.15) is 321 Å². The van der Waals surface area contributed by atoms with Crippen molar-refractivity contribution in [3.63, 3.8) is 0 Å². The van der Waals surface area contributed by atoms with E-state index in [4.69, 9.17) is 37.9 Å². The maximum absolute atomic E-state index is 14.3. The fraction of sp³-hybridized carbons (Fsp3) is 0.444. The number of ether oxygens (including phenoxy) is 8. The predicted molar refractivity (Wildman–Crippen MR) is 489 cm³/mol. The van der Waals surface area contributed by atoms with Gasteiger partial charge in [0.25, 0.3) is 0 Å². The van der Waals surface area contributed by atoms with Crippen LogP contribution in [0.2, 0.25) is 0 Å². The molecular weight excluding hydrogens is 1490 g/mol. The highest BCUT2D eigenvalue weighted by molar-refractivity contribution is 6.17. The summed E-state index contributed by atoms with van der Waals surface area (Å²) in [6.45, 7) is 4.68. The molecule has 0 spiro atoms. The molecule has 0 amide bonds. The van der Waals surface area contributed by atoms with Crippen LogP contribution in [0.5, 0.6) is 46.0 Å². The minimum absolute atomic E-state index is 0.185. The van der Waals surface area contributed by atoms with Gasteiger partial charge in [0, 0.05) is 34.4 Å². The fourth-order valence-corrected chi connectivity index (χ4v) is 16.0. The van der Waals surface area contributed by atoms with Gasteiger partial charge in [0.15, 0.2) is 23.1 Å². The SMILES string of the molecule is O=C(c1ccccc1)c1cc(C(=O)c2ccccc2)c2cc1OCCCCCCCCCCCCOc1ccc3ccc(cc3c1)OCCCCCCCCCCCCOc1cc(c(C(=O)c3ccccc3)cc1C(=O)c1ccccc1)OCCCCCCCCCCCCOc1ccc3ccc(cc3c1)OCCCCCCCCCCCCO2. The summed E-state index contributed by atoms with van der Waals surface area (Å²) < 4.78 is 51.1. The third-order valence-corrected chi connectivity index (χ3v) is 23.1. The van der Waals surface area contributed by atoms with Crippen molar-refractivity contribution in [2.75, 3.05) is 52.9 Å². The number of benzene rings is 10. The second-order valence-electron chi connectivity index (χ2n) is 32.7. The largest absolute Gasteiger partial charge is 0.494 e. The van der Waals surface area contributed by atoms with Gasteiger partial charge < -0.3 is 37.9 Å². The first-order chi connectivity index (χ1) is 59.3. The molecule has 0 aromatic heterocycles. The first-order valence-electron chi connectivity index (χ1n) is 46.2. The molecule has 636 valence electrons. The molecule has 0 unspecified atom stereocenters. The van der Waals surface area contributed by atoms with Crippen LogP contribution in [0.3, 0.4) is 0 Å². The second-order valence-corrected chi connectivity index (χ2v) is 32.7. The zero-order valence-electron chi connectivity index (χ0n) is 71.6. The highest BCUT2D eigenvalue weighted by atomic mass is 16.5. The summed E-state index contributed by atoms with van der Waals surface area (Å²) in [6, 6.07) is 69.4. The molecule has 0 fully saturated rings. The Labute approximate surface area is 716 Å². The lowest BCUT2D eigenvalue weighted by atomic mass is 9.95. The molecular formula is C108H132O12. The van der Waals surface area contributed by atoms with E-state index in [1.54, 1.807) is 24.3 Å². The summed E-state index contributed by atoms with van der Waals surface area (Å²) in [5.74, 6) is 4.67. The number of rotatable bonds is 8. The molecule has 10 aromatic carbocycles. The van der Waals surface area contributed by atoms with Crippen LogP contribution < -0.4 is 37.9 Å². The Morgan fingerprint density at radius 3 is 0.508 bits per heavy atom. The smallest absolute Gasteiger partial charge is 0.196 e. The molecule has 0 N–H and O–H groups in total. The normalized spacial score (nSPS) is 16.7. The Morgan fingerprint density at radius 1 is 0.158 bits per heavy atom. The molecule has 1 aliphatic heterocycles. The molecule has 1 aliphatic rings. The van der Waals surface area contributed by atoms with Crippen LogP contribution in [0.4, 0.5) is 0 Å². The van der Waals surface area contributed by atoms with E-state index in [9.17, 15) is 19.2 Å². The van der Waals surface area contributed by atoms with E-state index in [0.717, 1.165) is 162 Å². The van der Waals surface area contributed by atoms with Crippen molar-refractivity contribution in [1.82, 2.24) is 0 Å². The Kier molecular flexibility index (Phi) is 40.3. The van der Waals surface area contributed by atoms with Crippen molar-refractivity contribution in [3.05, 3.63) is 263 Å². The van der Waals surface area contributed by atoms with Crippen LogP contribution in [-0.2, 0) is 0 Å². The van der Waals surface area contributed by atoms with Gasteiger partial charge in [-0.25, -0.2) is 0 Å². The average Bonchev–Trinajstić information content (AvgIpc) is 0.761. The Bertz CT molecular complexity index is 4070. The minimum Gasteiger partial charge on any atom is -0.494 e. The van der Waals surface area contributed by atoms with E-state index >= 15 is 0 Å². The lowest BCUT2D eigenvalue weighted by Gasteiger charge is -2.17. The number of carbonyl (C=O) groups is 4. The maximum Gasteiger partial charge on any atom is 0.196 e. The van der Waals surface area contributed by atoms with Crippen LogP contribution in [0.25, 0.3) is 21.5 Å². The molecule has 12 nitrogen and oxygen atoms in total. The topological polar surface area (TPSA) is 142 Å². The number of hydrogen-bond acceptors (Lipinski definition) is 12. The lowest BCUT2D eigenvalue weighted by Crippen LogP contribution is -2.12. The summed E-state index contributed by atoms with van der Waals surface area (Å²) in [5, 5.41) is 4.61. The van der Waals surface area contributed by atoms with Crippen LogP contribution in [0, 0.1) is 0 Å². The van der Waals surface area contributed by atoms with Gasteiger partial charge in [-0.3, -0.25) is 19.2 Å². The first-order valence-corrected chi connectivity index (χ1v) is 46.2. The summed E-state index contributed by atoms with van der Waals surface area (Å²) in [7, 11) is 0. The van der Waals surface area contributed by atoms with E-state index < -0.39 is 0 Å². The van der Waals surface area contributed by atoms with Crippen LogP contribution in [0.15, 0.2) is 218 Å². The highest BCUT2D eigenvalue weighted by Crippen LogP contribution is 2.37. The number of hydrogen-bond donors (Lipinski definition) is 0. The van der Waals surface area contributed by atoms with Crippen molar-refractivity contribution < 1.29 is 57.1 Å². The number of carbonyl (C=O) groups excluding carboxylic acids is 4. The molecule has 0 atom stereocenters. The number of ketones is 4. The third kappa shape index (κ3) is 31.4. The second kappa shape index (κ2) is 53.5. The van der Waals surface area contributed by atoms with Crippen molar-refractivity contribution in [1.29, 1.82) is 0 Å². The van der Waals surface area contributed by atoms with E-state index in [1.165, 1.54) is 139 Å². The molecule has 120 heavy (non-hydrogen) atoms. The summed E-state index contributed by atoms with van der Waals surface area (Å²) in [6.07, 6.45) is 44.9. The zero-order chi connectivity index (χ0) is 82.9. The summed E-state index contributed by atoms with van der Waals surface area (Å²) >= 11 is 0. The fourth-order valence-electron chi connectivity index (χ4n) is 16.0. The molecule has 0 saturated heterocycles. The number of fused-ring (bicyclic) bond motifs is 8. The van der Waals surface area contributed by atoms with E-state index in [-0.39, 0.29) is 23.1 Å². The van der Waals surface area contributed by atoms with Crippen molar-refractivity contribution >= 4 is 44.7 Å². The lowest BCUT2D eigenvalue weighted by molar-refractivity contribution is 0.101. The summed E-state index contributed by atoms with van der Waals surface area (Å²) in [5.41, 5.74) is 3.64. The van der Waals surface area contributed by atoms with Gasteiger partial charge >= 0.3 is 0 Å². The minimum atomic E-state index is -0.185. The molecule has 10 aromatic rings. The first kappa shape index (κ1) is 90.6. The monoisotopic (exact) mass is 1620 g/mol. The average molecular weight is 1620 g/mol. The molecule has 12 heteroatoms. The molecule has 0 saturated carbocycles. The van der Waals surface area contributed by atoms with Crippen molar-refractivity contribution in [2.45, 2.75) is 257 Å². The van der Waals surface area contributed by atoms with E-state index in [2.05, 4.69) is 72.8 Å². The van der Waals surface area contributed by atoms with Crippen LogP contribution in [-0.4, -0.2) is 76.0 Å².